The van der Waals surface area contributed by atoms with E-state index in [4.69, 9.17) is 4.74 Å². The first-order valence-electron chi connectivity index (χ1n) is 4.98. The van der Waals surface area contributed by atoms with Gasteiger partial charge in [0, 0.05) is 12.0 Å². The zero-order valence-corrected chi connectivity index (χ0v) is 8.72. The Morgan fingerprint density at radius 1 is 1.50 bits per heavy atom. The number of carbonyl (C=O) groups is 1. The molecule has 1 aromatic carbocycles. The molecule has 0 unspecified atom stereocenters. The van der Waals surface area contributed by atoms with E-state index in [9.17, 15) is 13.6 Å². The molecule has 1 amide bonds. The van der Waals surface area contributed by atoms with Gasteiger partial charge in [0.15, 0.2) is 6.61 Å². The van der Waals surface area contributed by atoms with E-state index >= 15 is 0 Å². The number of benzene rings is 1. The van der Waals surface area contributed by atoms with Gasteiger partial charge in [0.05, 0.1) is 5.69 Å². The smallest absolute Gasteiger partial charge is 0.273 e. The predicted octanol–water partition coefficient (Wildman–Crippen LogP) is 2.52. The molecule has 0 saturated carbocycles. The van der Waals surface area contributed by atoms with Crippen LogP contribution in [0.3, 0.4) is 0 Å². The predicted molar refractivity (Wildman–Crippen MR) is 54.8 cm³/mol. The summed E-state index contributed by atoms with van der Waals surface area (Å²) >= 11 is 0. The third kappa shape index (κ3) is 1.85. The quantitative estimate of drug-likeness (QED) is 0.843. The van der Waals surface area contributed by atoms with Gasteiger partial charge in [0.2, 0.25) is 0 Å². The lowest BCUT2D eigenvalue weighted by Crippen LogP contribution is -2.26. The first-order chi connectivity index (χ1) is 7.53. The zero-order valence-electron chi connectivity index (χ0n) is 8.72. The molecular formula is C11H11F2NO2. The topological polar surface area (TPSA) is 38.3 Å². The number of alkyl halides is 2. The number of ether oxygens (including phenoxy) is 1. The molecule has 0 aliphatic carbocycles. The molecule has 16 heavy (non-hydrogen) atoms. The number of halogens is 2. The minimum atomic E-state index is -2.88. The van der Waals surface area contributed by atoms with Crippen LogP contribution in [0.4, 0.5) is 14.5 Å². The van der Waals surface area contributed by atoms with Crippen molar-refractivity contribution in [2.45, 2.75) is 19.3 Å². The van der Waals surface area contributed by atoms with Crippen molar-refractivity contribution in [3.05, 3.63) is 23.8 Å². The number of hydrogen-bond acceptors (Lipinski definition) is 2. The van der Waals surface area contributed by atoms with E-state index in [1.165, 1.54) is 25.1 Å². The Morgan fingerprint density at radius 2 is 2.25 bits per heavy atom. The fourth-order valence-electron chi connectivity index (χ4n) is 1.51. The fourth-order valence-corrected chi connectivity index (χ4v) is 1.51. The number of fused-ring (bicyclic) bond motifs is 1. The first kappa shape index (κ1) is 10.9. The molecule has 5 heteroatoms. The standard InChI is InChI=1S/C11H11F2NO2/c1-2-11(12,13)7-3-4-9-8(5-7)14-10(15)6-16-9/h3-5H,2,6H2,1H3,(H,14,15). The molecule has 1 aromatic rings. The van der Waals surface area contributed by atoms with Crippen LogP contribution in [0.2, 0.25) is 0 Å². The molecule has 3 nitrogen and oxygen atoms in total. The van der Waals surface area contributed by atoms with Crippen LogP contribution in [0.15, 0.2) is 18.2 Å². The Bertz CT molecular complexity index is 432. The fraction of sp³-hybridized carbons (Fsp3) is 0.364. The van der Waals surface area contributed by atoms with E-state index in [2.05, 4.69) is 5.32 Å². The number of nitrogens with one attached hydrogen (secondary N) is 1. The lowest BCUT2D eigenvalue weighted by Gasteiger charge is -2.21. The summed E-state index contributed by atoms with van der Waals surface area (Å²) in [7, 11) is 0. The van der Waals surface area contributed by atoms with Gasteiger partial charge in [0.25, 0.3) is 11.8 Å². The molecule has 0 saturated heterocycles. The maximum atomic E-state index is 13.4. The van der Waals surface area contributed by atoms with Gasteiger partial charge < -0.3 is 10.1 Å². The van der Waals surface area contributed by atoms with Gasteiger partial charge in [-0.25, -0.2) is 8.78 Å². The maximum Gasteiger partial charge on any atom is 0.273 e. The summed E-state index contributed by atoms with van der Waals surface area (Å²) in [5.41, 5.74) is 0.196. The highest BCUT2D eigenvalue weighted by molar-refractivity contribution is 5.95. The monoisotopic (exact) mass is 227 g/mol. The molecule has 0 spiro atoms. The van der Waals surface area contributed by atoms with Crippen molar-refractivity contribution in [2.24, 2.45) is 0 Å². The van der Waals surface area contributed by atoms with Crippen molar-refractivity contribution in [1.29, 1.82) is 0 Å². The van der Waals surface area contributed by atoms with E-state index in [1.54, 1.807) is 0 Å². The normalized spacial score (nSPS) is 15.1. The Labute approximate surface area is 91.4 Å². The zero-order chi connectivity index (χ0) is 11.8. The molecule has 0 fully saturated rings. The van der Waals surface area contributed by atoms with Crippen molar-refractivity contribution < 1.29 is 18.3 Å². The van der Waals surface area contributed by atoms with Crippen molar-refractivity contribution in [3.8, 4) is 5.75 Å². The number of rotatable bonds is 2. The molecule has 0 atom stereocenters. The summed E-state index contributed by atoms with van der Waals surface area (Å²) in [6, 6.07) is 4.03. The summed E-state index contributed by atoms with van der Waals surface area (Å²) in [4.78, 5) is 11.0. The molecule has 1 heterocycles. The summed E-state index contributed by atoms with van der Waals surface area (Å²) in [5, 5.41) is 2.50. The second-order valence-corrected chi connectivity index (χ2v) is 3.61. The molecule has 1 aliphatic rings. The van der Waals surface area contributed by atoms with Crippen LogP contribution in [0.1, 0.15) is 18.9 Å². The molecule has 1 N–H and O–H groups in total. The lowest BCUT2D eigenvalue weighted by molar-refractivity contribution is -0.118. The Hall–Kier alpha value is -1.65. The minimum absolute atomic E-state index is 0.0729. The number of amides is 1. The van der Waals surface area contributed by atoms with E-state index in [0.717, 1.165) is 0 Å². The van der Waals surface area contributed by atoms with Gasteiger partial charge in [0.1, 0.15) is 5.75 Å². The van der Waals surface area contributed by atoms with Crippen LogP contribution >= 0.6 is 0 Å². The van der Waals surface area contributed by atoms with Crippen molar-refractivity contribution >= 4 is 11.6 Å². The third-order valence-electron chi connectivity index (χ3n) is 2.48. The molecule has 0 bridgehead atoms. The highest BCUT2D eigenvalue weighted by atomic mass is 19.3. The van der Waals surface area contributed by atoms with Gasteiger partial charge in [-0.3, -0.25) is 4.79 Å². The largest absolute Gasteiger partial charge is 0.482 e. The summed E-state index contributed by atoms with van der Waals surface area (Å²) in [6.07, 6.45) is -0.277. The lowest BCUT2D eigenvalue weighted by atomic mass is 10.0. The van der Waals surface area contributed by atoms with Crippen LogP contribution in [0.5, 0.6) is 5.75 Å². The van der Waals surface area contributed by atoms with Crippen LogP contribution in [-0.4, -0.2) is 12.5 Å². The third-order valence-corrected chi connectivity index (χ3v) is 2.48. The highest BCUT2D eigenvalue weighted by Gasteiger charge is 2.30. The van der Waals surface area contributed by atoms with E-state index < -0.39 is 5.92 Å². The van der Waals surface area contributed by atoms with E-state index in [1.807, 2.05) is 0 Å². The van der Waals surface area contributed by atoms with Crippen LogP contribution < -0.4 is 10.1 Å². The van der Waals surface area contributed by atoms with E-state index in [0.29, 0.717) is 11.4 Å². The van der Waals surface area contributed by atoms with Gasteiger partial charge in [-0.05, 0) is 18.2 Å². The first-order valence-corrected chi connectivity index (χ1v) is 4.98. The van der Waals surface area contributed by atoms with Crippen molar-refractivity contribution in [2.75, 3.05) is 11.9 Å². The molecule has 0 radical (unpaired) electrons. The SMILES string of the molecule is CCC(F)(F)c1ccc2c(c1)NC(=O)CO2. The molecule has 86 valence electrons. The van der Waals surface area contributed by atoms with E-state index in [-0.39, 0.29) is 24.5 Å². The van der Waals surface area contributed by atoms with Crippen LogP contribution in [0.25, 0.3) is 0 Å². The second kappa shape index (κ2) is 3.73. The number of hydrogen-bond donors (Lipinski definition) is 1. The molecule has 0 aromatic heterocycles. The maximum absolute atomic E-state index is 13.4. The number of anilines is 1. The van der Waals surface area contributed by atoms with Gasteiger partial charge in [-0.2, -0.15) is 0 Å². The average Bonchev–Trinajstić information content (AvgIpc) is 2.28. The average molecular weight is 227 g/mol. The van der Waals surface area contributed by atoms with Crippen LogP contribution in [-0.2, 0) is 10.7 Å². The Kier molecular flexibility index (Phi) is 2.53. The molecular weight excluding hydrogens is 216 g/mol. The highest BCUT2D eigenvalue weighted by Crippen LogP contribution is 2.36. The summed E-state index contributed by atoms with van der Waals surface area (Å²) in [5.74, 6) is -2.78. The number of carbonyl (C=O) groups excluding carboxylic acids is 1. The van der Waals surface area contributed by atoms with Gasteiger partial charge in [-0.15, -0.1) is 0 Å². The minimum Gasteiger partial charge on any atom is -0.482 e. The summed E-state index contributed by atoms with van der Waals surface area (Å²) in [6.45, 7) is 1.34. The molecule has 1 aliphatic heterocycles. The van der Waals surface area contributed by atoms with Crippen LogP contribution in [0, 0.1) is 0 Å². The Balaban J connectivity index is 2.38. The van der Waals surface area contributed by atoms with Gasteiger partial charge in [-0.1, -0.05) is 6.92 Å². The van der Waals surface area contributed by atoms with Crippen molar-refractivity contribution in [3.63, 3.8) is 0 Å². The Morgan fingerprint density at radius 3 is 2.94 bits per heavy atom. The second-order valence-electron chi connectivity index (χ2n) is 3.61. The molecule has 2 rings (SSSR count). The summed E-state index contributed by atoms with van der Waals surface area (Å²) < 4.78 is 31.9. The van der Waals surface area contributed by atoms with Crippen molar-refractivity contribution in [1.82, 2.24) is 0 Å². The van der Waals surface area contributed by atoms with Gasteiger partial charge >= 0.3 is 0 Å².